The van der Waals surface area contributed by atoms with E-state index in [2.05, 4.69) is 5.32 Å². The van der Waals surface area contributed by atoms with Crippen molar-refractivity contribution in [2.24, 2.45) is 0 Å². The van der Waals surface area contributed by atoms with E-state index in [1.54, 1.807) is 42.5 Å². The highest BCUT2D eigenvalue weighted by atomic mass is 16.6. The maximum atomic E-state index is 12.7. The van der Waals surface area contributed by atoms with Gasteiger partial charge >= 0.3 is 5.97 Å². The number of esters is 1. The van der Waals surface area contributed by atoms with Crippen LogP contribution in [0.4, 0.5) is 0 Å². The molecule has 6 nitrogen and oxygen atoms in total. The molecule has 0 spiro atoms. The quantitative estimate of drug-likeness (QED) is 0.690. The minimum atomic E-state index is -1.12. The van der Waals surface area contributed by atoms with Crippen LogP contribution in [0.15, 0.2) is 63.8 Å². The van der Waals surface area contributed by atoms with E-state index in [1.165, 1.54) is 0 Å². The molecule has 1 amide bonds. The number of nitrogens with one attached hydrogen (secondary N) is 1. The maximum Gasteiger partial charge on any atom is 0.375 e. The largest absolute Gasteiger partial charge is 0.449 e. The van der Waals surface area contributed by atoms with Crippen molar-refractivity contribution in [1.82, 2.24) is 5.32 Å². The summed E-state index contributed by atoms with van der Waals surface area (Å²) in [6.45, 7) is 1.87. The number of benzene rings is 2. The van der Waals surface area contributed by atoms with Gasteiger partial charge in [0.25, 0.3) is 5.91 Å². The Hall–Kier alpha value is -3.41. The second-order valence-corrected chi connectivity index (χ2v) is 6.95. The van der Waals surface area contributed by atoms with Gasteiger partial charge < -0.3 is 14.5 Å². The van der Waals surface area contributed by atoms with Gasteiger partial charge in [-0.25, -0.2) is 4.79 Å². The third-order valence-electron chi connectivity index (χ3n) is 4.57. The molecule has 4 rings (SSSR count). The molecule has 1 aromatic heterocycles. The van der Waals surface area contributed by atoms with Crippen LogP contribution in [0.1, 0.15) is 40.6 Å². The van der Waals surface area contributed by atoms with Crippen LogP contribution < -0.4 is 10.7 Å². The van der Waals surface area contributed by atoms with Crippen LogP contribution in [0, 0.1) is 6.92 Å². The number of amides is 1. The summed E-state index contributed by atoms with van der Waals surface area (Å²) >= 11 is 0. The lowest BCUT2D eigenvalue weighted by Crippen LogP contribution is -2.33. The van der Waals surface area contributed by atoms with E-state index < -0.39 is 12.1 Å². The molecule has 0 radical (unpaired) electrons. The van der Waals surface area contributed by atoms with Crippen molar-refractivity contribution >= 4 is 22.8 Å². The van der Waals surface area contributed by atoms with Crippen LogP contribution in [-0.2, 0) is 9.53 Å². The number of carbonyl (C=O) groups is 2. The molecular weight excluding hydrogens is 358 g/mol. The lowest BCUT2D eigenvalue weighted by molar-refractivity contribution is -0.130. The molecule has 142 valence electrons. The van der Waals surface area contributed by atoms with Crippen LogP contribution >= 0.6 is 0 Å². The molecule has 1 saturated carbocycles. The summed E-state index contributed by atoms with van der Waals surface area (Å²) in [5, 5.41) is 3.24. The number of aryl methyl sites for hydroxylation is 1. The Morgan fingerprint density at radius 2 is 1.86 bits per heavy atom. The maximum absolute atomic E-state index is 12.7. The highest BCUT2D eigenvalue weighted by molar-refractivity contribution is 5.92. The Morgan fingerprint density at radius 1 is 1.11 bits per heavy atom. The number of fused-ring (bicyclic) bond motifs is 1. The van der Waals surface area contributed by atoms with Crippen molar-refractivity contribution in [3.63, 3.8) is 0 Å². The van der Waals surface area contributed by atoms with Crippen LogP contribution in [0.3, 0.4) is 0 Å². The van der Waals surface area contributed by atoms with E-state index in [-0.39, 0.29) is 23.1 Å². The molecule has 1 aliphatic rings. The summed E-state index contributed by atoms with van der Waals surface area (Å²) in [6, 6.07) is 15.1. The standard InChI is InChI=1S/C22H19NO5/c1-13-7-10-18-16(11-13)17(24)12-19(27-18)22(26)28-20(14-5-3-2-4-6-14)21(25)23-15-8-9-15/h2-7,10-12,15,20H,8-9H2,1H3,(H,23,25)/t20-/m1/s1. The molecule has 0 saturated heterocycles. The molecule has 1 N–H and O–H groups in total. The number of carbonyl (C=O) groups excluding carboxylic acids is 2. The molecule has 1 fully saturated rings. The lowest BCUT2D eigenvalue weighted by atomic mass is 10.1. The van der Waals surface area contributed by atoms with Gasteiger partial charge in [0.2, 0.25) is 11.9 Å². The smallest absolute Gasteiger partial charge is 0.375 e. The third kappa shape index (κ3) is 3.81. The number of hydrogen-bond acceptors (Lipinski definition) is 5. The van der Waals surface area contributed by atoms with E-state index in [9.17, 15) is 14.4 Å². The summed E-state index contributed by atoms with van der Waals surface area (Å²) in [7, 11) is 0. The Labute approximate surface area is 161 Å². The average molecular weight is 377 g/mol. The monoisotopic (exact) mass is 377 g/mol. The second-order valence-electron chi connectivity index (χ2n) is 6.95. The molecule has 3 aromatic rings. The van der Waals surface area contributed by atoms with Crippen LogP contribution in [0.5, 0.6) is 0 Å². The molecule has 1 heterocycles. The highest BCUT2D eigenvalue weighted by Crippen LogP contribution is 2.24. The number of hydrogen-bond donors (Lipinski definition) is 1. The van der Waals surface area contributed by atoms with Crippen LogP contribution in [0.2, 0.25) is 0 Å². The van der Waals surface area contributed by atoms with Crippen molar-refractivity contribution in [1.29, 1.82) is 0 Å². The Balaban J connectivity index is 1.63. The highest BCUT2D eigenvalue weighted by Gasteiger charge is 2.31. The summed E-state index contributed by atoms with van der Waals surface area (Å²) in [5.74, 6) is -1.48. The van der Waals surface area contributed by atoms with E-state index in [4.69, 9.17) is 9.15 Å². The van der Waals surface area contributed by atoms with E-state index >= 15 is 0 Å². The van der Waals surface area contributed by atoms with Gasteiger partial charge in [-0.15, -0.1) is 0 Å². The fourth-order valence-electron chi connectivity index (χ4n) is 2.94. The van der Waals surface area contributed by atoms with Crippen molar-refractivity contribution in [2.75, 3.05) is 0 Å². The molecule has 1 aliphatic carbocycles. The van der Waals surface area contributed by atoms with E-state index in [0.29, 0.717) is 16.5 Å². The summed E-state index contributed by atoms with van der Waals surface area (Å²) in [4.78, 5) is 37.6. The van der Waals surface area contributed by atoms with Gasteiger partial charge in [-0.2, -0.15) is 0 Å². The first-order valence-electron chi connectivity index (χ1n) is 9.12. The normalized spacial score (nSPS) is 14.5. The molecule has 0 aliphatic heterocycles. The number of rotatable bonds is 5. The van der Waals surface area contributed by atoms with E-state index in [1.807, 2.05) is 13.0 Å². The first kappa shape index (κ1) is 18.0. The molecule has 1 atom stereocenters. The van der Waals surface area contributed by atoms with Crippen LogP contribution in [-0.4, -0.2) is 17.9 Å². The lowest BCUT2D eigenvalue weighted by Gasteiger charge is -2.17. The topological polar surface area (TPSA) is 85.6 Å². The van der Waals surface area contributed by atoms with E-state index in [0.717, 1.165) is 24.5 Å². The Bertz CT molecular complexity index is 1100. The summed E-state index contributed by atoms with van der Waals surface area (Å²) in [5.41, 5.74) is 1.42. The summed E-state index contributed by atoms with van der Waals surface area (Å²) < 4.78 is 11.0. The van der Waals surface area contributed by atoms with Gasteiger partial charge in [-0.05, 0) is 31.9 Å². The zero-order valence-corrected chi connectivity index (χ0v) is 15.3. The molecule has 0 unspecified atom stereocenters. The van der Waals surface area contributed by atoms with Gasteiger partial charge in [-0.3, -0.25) is 9.59 Å². The van der Waals surface area contributed by atoms with Gasteiger partial charge in [-0.1, -0.05) is 42.0 Å². The molecule has 0 bridgehead atoms. The Kier molecular flexibility index (Phi) is 4.69. The van der Waals surface area contributed by atoms with Crippen molar-refractivity contribution < 1.29 is 18.7 Å². The van der Waals surface area contributed by atoms with Gasteiger partial charge in [0.05, 0.1) is 5.39 Å². The van der Waals surface area contributed by atoms with Crippen molar-refractivity contribution in [2.45, 2.75) is 31.9 Å². The number of ether oxygens (including phenoxy) is 1. The minimum absolute atomic E-state index is 0.124. The minimum Gasteiger partial charge on any atom is -0.449 e. The fraction of sp³-hybridized carbons (Fsp3) is 0.227. The Morgan fingerprint density at radius 3 is 2.57 bits per heavy atom. The first-order valence-corrected chi connectivity index (χ1v) is 9.12. The molecule has 2 aromatic carbocycles. The summed E-state index contributed by atoms with van der Waals surface area (Å²) in [6.07, 6.45) is 0.716. The second kappa shape index (κ2) is 7.31. The van der Waals surface area contributed by atoms with Crippen LogP contribution in [0.25, 0.3) is 11.0 Å². The third-order valence-corrected chi connectivity index (χ3v) is 4.57. The average Bonchev–Trinajstić information content (AvgIpc) is 3.51. The van der Waals surface area contributed by atoms with Gasteiger partial charge in [0.15, 0.2) is 5.43 Å². The first-order chi connectivity index (χ1) is 13.5. The predicted octanol–water partition coefficient (Wildman–Crippen LogP) is 3.28. The molecule has 28 heavy (non-hydrogen) atoms. The molecule has 6 heteroatoms. The zero-order valence-electron chi connectivity index (χ0n) is 15.3. The van der Waals surface area contributed by atoms with Crippen molar-refractivity contribution in [3.8, 4) is 0 Å². The zero-order chi connectivity index (χ0) is 19.7. The van der Waals surface area contributed by atoms with Gasteiger partial charge in [0.1, 0.15) is 5.58 Å². The van der Waals surface area contributed by atoms with Gasteiger partial charge in [0, 0.05) is 17.7 Å². The van der Waals surface area contributed by atoms with Crippen molar-refractivity contribution in [3.05, 3.63) is 81.7 Å². The predicted molar refractivity (Wildman–Crippen MR) is 103 cm³/mol. The molecular formula is C22H19NO5. The SMILES string of the molecule is Cc1ccc2oc(C(=O)O[C@@H](C(=O)NC3CC3)c3ccccc3)cc(=O)c2c1. The fourth-order valence-corrected chi connectivity index (χ4v) is 2.94.